The lowest BCUT2D eigenvalue weighted by Gasteiger charge is -2.10. The highest BCUT2D eigenvalue weighted by Crippen LogP contribution is 2.39. The van der Waals surface area contributed by atoms with Gasteiger partial charge < -0.3 is 4.48 Å². The van der Waals surface area contributed by atoms with E-state index < -0.39 is 7.40 Å². The zero-order valence-corrected chi connectivity index (χ0v) is 18.1. The number of hydrogen-bond acceptors (Lipinski definition) is 1. The summed E-state index contributed by atoms with van der Waals surface area (Å²) in [4.78, 5) is 4.69. The number of aromatic nitrogens is 1. The zero-order valence-electron chi connectivity index (χ0n) is 18.1. The van der Waals surface area contributed by atoms with Crippen molar-refractivity contribution in [3.8, 4) is 11.3 Å². The summed E-state index contributed by atoms with van der Waals surface area (Å²) in [7, 11) is -2.67. The SMILES string of the molecule is CCC1=C(C)/C(=C/c2c3cc(C)c(C)cc3c(-c3ccccc3)n2B(F)F)N=C1C. The standard InChI is InChI=1S/C25H25BF2N2/c1-6-20-17(4)23(29-18(20)5)14-24-21-12-15(2)16(3)13-22(21)25(30(24)26(27)28)19-10-8-7-9-11-19/h7-14H,6H2,1-5H3/b23-14-. The normalized spacial score (nSPS) is 15.4. The van der Waals surface area contributed by atoms with Crippen LogP contribution in [0.1, 0.15) is 44.0 Å². The molecule has 0 atom stereocenters. The molecule has 1 aliphatic heterocycles. The predicted molar refractivity (Wildman–Crippen MR) is 124 cm³/mol. The van der Waals surface area contributed by atoms with Gasteiger partial charge in [0, 0.05) is 27.9 Å². The molecule has 0 saturated heterocycles. The summed E-state index contributed by atoms with van der Waals surface area (Å²) in [6.45, 7) is 10.1. The topological polar surface area (TPSA) is 17.3 Å². The van der Waals surface area contributed by atoms with Crippen molar-refractivity contribution in [1.82, 2.24) is 4.48 Å². The van der Waals surface area contributed by atoms with Crippen LogP contribution in [-0.2, 0) is 0 Å². The molecule has 2 nitrogen and oxygen atoms in total. The summed E-state index contributed by atoms with van der Waals surface area (Å²) < 4.78 is 30.1. The molecule has 0 saturated carbocycles. The summed E-state index contributed by atoms with van der Waals surface area (Å²) in [5, 5.41) is 1.67. The summed E-state index contributed by atoms with van der Waals surface area (Å²) in [5.41, 5.74) is 8.00. The summed E-state index contributed by atoms with van der Waals surface area (Å²) in [6.07, 6.45) is 2.71. The van der Waals surface area contributed by atoms with Crippen LogP contribution in [0.5, 0.6) is 0 Å². The fraction of sp³-hybridized carbons (Fsp3) is 0.240. The highest BCUT2D eigenvalue weighted by molar-refractivity contribution is 6.43. The van der Waals surface area contributed by atoms with E-state index in [0.717, 1.165) is 55.3 Å². The van der Waals surface area contributed by atoms with Crippen molar-refractivity contribution in [2.75, 3.05) is 0 Å². The van der Waals surface area contributed by atoms with Crippen LogP contribution in [0.2, 0.25) is 0 Å². The molecule has 5 heteroatoms. The molecule has 0 amide bonds. The predicted octanol–water partition coefficient (Wildman–Crippen LogP) is 7.24. The Kier molecular flexibility index (Phi) is 5.23. The molecule has 0 unspecified atom stereocenters. The third kappa shape index (κ3) is 3.22. The molecule has 3 aromatic rings. The third-order valence-electron chi connectivity index (χ3n) is 6.10. The second-order valence-corrected chi connectivity index (χ2v) is 7.91. The van der Waals surface area contributed by atoms with Crippen molar-refractivity contribution >= 4 is 30.0 Å². The van der Waals surface area contributed by atoms with Gasteiger partial charge >= 0.3 is 7.40 Å². The van der Waals surface area contributed by atoms with E-state index in [4.69, 9.17) is 4.99 Å². The minimum atomic E-state index is -2.67. The van der Waals surface area contributed by atoms with Crippen LogP contribution in [0, 0.1) is 13.8 Å². The van der Waals surface area contributed by atoms with Gasteiger partial charge in [-0.1, -0.05) is 37.3 Å². The number of halogens is 2. The number of aliphatic imine (C=N–C) groups is 1. The fourth-order valence-electron chi connectivity index (χ4n) is 4.39. The van der Waals surface area contributed by atoms with E-state index in [9.17, 15) is 8.63 Å². The summed E-state index contributed by atoms with van der Waals surface area (Å²) >= 11 is 0. The highest BCUT2D eigenvalue weighted by atomic mass is 19.2. The first-order valence-electron chi connectivity index (χ1n) is 10.3. The average molecular weight is 402 g/mol. The van der Waals surface area contributed by atoms with E-state index in [1.807, 2.05) is 76.2 Å². The Labute approximate surface area is 176 Å². The lowest BCUT2D eigenvalue weighted by atomic mass is 10.00. The largest absolute Gasteiger partial charge is 0.678 e. The first-order chi connectivity index (χ1) is 14.3. The molecule has 1 aliphatic rings. The number of benzene rings is 2. The molecule has 30 heavy (non-hydrogen) atoms. The van der Waals surface area contributed by atoms with Crippen LogP contribution in [0.4, 0.5) is 8.63 Å². The minimum absolute atomic E-state index is 0.505. The Morgan fingerprint density at radius 2 is 1.60 bits per heavy atom. The molecule has 0 fully saturated rings. The number of fused-ring (bicyclic) bond motifs is 1. The van der Waals surface area contributed by atoms with Crippen molar-refractivity contribution in [1.29, 1.82) is 0 Å². The van der Waals surface area contributed by atoms with E-state index in [-0.39, 0.29) is 0 Å². The van der Waals surface area contributed by atoms with E-state index in [0.29, 0.717) is 11.4 Å². The Morgan fingerprint density at radius 3 is 2.17 bits per heavy atom. The average Bonchev–Trinajstić information content (AvgIpc) is 3.16. The second kappa shape index (κ2) is 7.71. The molecule has 152 valence electrons. The second-order valence-electron chi connectivity index (χ2n) is 7.91. The Balaban J connectivity index is 2.10. The number of rotatable bonds is 4. The van der Waals surface area contributed by atoms with Gasteiger partial charge in [-0.2, -0.15) is 0 Å². The van der Waals surface area contributed by atoms with Crippen molar-refractivity contribution in [3.63, 3.8) is 0 Å². The van der Waals surface area contributed by atoms with Gasteiger partial charge in [-0.15, -0.1) is 0 Å². The number of nitrogens with zero attached hydrogens (tertiary/aromatic N) is 2. The van der Waals surface area contributed by atoms with Gasteiger partial charge in [0.05, 0.1) is 5.70 Å². The number of hydrogen-bond donors (Lipinski definition) is 0. The smallest absolute Gasteiger partial charge is 0.324 e. The molecule has 0 bridgehead atoms. The van der Waals surface area contributed by atoms with E-state index in [1.54, 1.807) is 0 Å². The van der Waals surface area contributed by atoms with Crippen LogP contribution >= 0.6 is 0 Å². The minimum Gasteiger partial charge on any atom is -0.324 e. The Bertz CT molecular complexity index is 1230. The molecule has 0 spiro atoms. The van der Waals surface area contributed by atoms with Crippen LogP contribution < -0.4 is 0 Å². The Hall–Kier alpha value is -2.95. The molecule has 0 N–H and O–H groups in total. The maximum Gasteiger partial charge on any atom is 0.678 e. The van der Waals surface area contributed by atoms with Crippen molar-refractivity contribution in [2.45, 2.75) is 41.0 Å². The molecular formula is C25H25BF2N2. The first-order valence-corrected chi connectivity index (χ1v) is 10.3. The highest BCUT2D eigenvalue weighted by Gasteiger charge is 2.29. The zero-order chi connectivity index (χ0) is 21.6. The molecule has 2 aromatic carbocycles. The van der Waals surface area contributed by atoms with Gasteiger partial charge in [-0.05, 0) is 80.2 Å². The molecule has 1 aromatic heterocycles. The molecule has 0 aliphatic carbocycles. The van der Waals surface area contributed by atoms with Gasteiger partial charge in [0.2, 0.25) is 0 Å². The maximum atomic E-state index is 14.5. The first kappa shape index (κ1) is 20.3. The third-order valence-corrected chi connectivity index (χ3v) is 6.10. The lowest BCUT2D eigenvalue weighted by molar-refractivity contribution is 0.631. The molecular weight excluding hydrogens is 377 g/mol. The Morgan fingerprint density at radius 1 is 0.967 bits per heavy atom. The van der Waals surface area contributed by atoms with Crippen molar-refractivity contribution in [3.05, 3.63) is 76.1 Å². The molecule has 4 rings (SSSR count). The molecule has 2 heterocycles. The number of allylic oxidation sites excluding steroid dienone is 2. The lowest BCUT2D eigenvalue weighted by Crippen LogP contribution is -2.16. The van der Waals surface area contributed by atoms with Crippen LogP contribution in [0.25, 0.3) is 28.1 Å². The van der Waals surface area contributed by atoms with Crippen molar-refractivity contribution < 1.29 is 8.63 Å². The monoisotopic (exact) mass is 402 g/mol. The maximum absolute atomic E-state index is 14.5. The van der Waals surface area contributed by atoms with Gasteiger partial charge in [-0.3, -0.25) is 13.6 Å². The molecule has 0 radical (unpaired) electrons. The van der Waals surface area contributed by atoms with Crippen LogP contribution in [0.3, 0.4) is 0 Å². The fourth-order valence-corrected chi connectivity index (χ4v) is 4.39. The van der Waals surface area contributed by atoms with Gasteiger partial charge in [0.15, 0.2) is 0 Å². The number of aryl methyl sites for hydroxylation is 2. The summed E-state index contributed by atoms with van der Waals surface area (Å²) in [6, 6.07) is 13.5. The van der Waals surface area contributed by atoms with E-state index in [2.05, 4.69) is 6.92 Å². The van der Waals surface area contributed by atoms with E-state index >= 15 is 0 Å². The van der Waals surface area contributed by atoms with Gasteiger partial charge in [-0.25, -0.2) is 0 Å². The van der Waals surface area contributed by atoms with E-state index in [1.165, 1.54) is 5.57 Å². The van der Waals surface area contributed by atoms with Crippen LogP contribution in [-0.4, -0.2) is 17.6 Å². The van der Waals surface area contributed by atoms with Crippen molar-refractivity contribution in [2.24, 2.45) is 4.99 Å². The van der Waals surface area contributed by atoms with Gasteiger partial charge in [0.1, 0.15) is 0 Å². The van der Waals surface area contributed by atoms with Crippen LogP contribution in [0.15, 0.2) is 64.3 Å². The quantitative estimate of drug-likeness (QED) is 0.410. The summed E-state index contributed by atoms with van der Waals surface area (Å²) in [5.74, 6) is 0. The van der Waals surface area contributed by atoms with Gasteiger partial charge in [0.25, 0.3) is 0 Å².